The van der Waals surface area contributed by atoms with Crippen molar-refractivity contribution in [3.63, 3.8) is 0 Å². The quantitative estimate of drug-likeness (QED) is 0.342. The molecule has 5 rings (SSSR count). The number of nitrogens with one attached hydrogen (secondary N) is 2. The maximum atomic E-state index is 14.0. The molecule has 31 heavy (non-hydrogen) atoms. The third-order valence-electron chi connectivity index (χ3n) is 4.94. The third-order valence-corrected chi connectivity index (χ3v) is 6.46. The summed E-state index contributed by atoms with van der Waals surface area (Å²) in [5.41, 5.74) is 1.30. The minimum Gasteiger partial charge on any atom is -0.324 e. The number of fused-ring (bicyclic) bond motifs is 2. The van der Waals surface area contributed by atoms with Gasteiger partial charge in [-0.2, -0.15) is 10.1 Å². The highest BCUT2D eigenvalue weighted by Gasteiger charge is 2.22. The number of benzene rings is 2. The summed E-state index contributed by atoms with van der Waals surface area (Å²) in [7, 11) is -1.24. The summed E-state index contributed by atoms with van der Waals surface area (Å²) < 4.78 is 47.7. The Hall–Kier alpha value is -3.54. The van der Waals surface area contributed by atoms with E-state index in [1.165, 1.54) is 11.5 Å². The summed E-state index contributed by atoms with van der Waals surface area (Å²) >= 11 is 0. The monoisotopic (exact) mass is 442 g/mol. The van der Waals surface area contributed by atoms with E-state index in [-0.39, 0.29) is 11.5 Å². The van der Waals surface area contributed by atoms with Crippen molar-refractivity contribution in [2.75, 3.05) is 17.3 Å². The van der Waals surface area contributed by atoms with Crippen molar-refractivity contribution < 1.29 is 17.9 Å². The molecule has 0 radical (unpaired) electrons. The van der Waals surface area contributed by atoms with E-state index >= 15 is 0 Å². The minimum absolute atomic E-state index is 0.0278. The van der Waals surface area contributed by atoms with E-state index in [0.29, 0.717) is 27.6 Å². The molecule has 4 aromatic rings. The van der Waals surface area contributed by atoms with E-state index in [1.807, 2.05) is 0 Å². The molecule has 2 aromatic heterocycles. The summed E-state index contributed by atoms with van der Waals surface area (Å²) in [5, 5.41) is 11.4. The molecule has 4 N–H and O–H groups in total. The van der Waals surface area contributed by atoms with Gasteiger partial charge >= 0.3 is 0 Å². The molecule has 0 bridgehead atoms. The molecule has 0 saturated heterocycles. The minimum atomic E-state index is -2.94. The fourth-order valence-electron chi connectivity index (χ4n) is 3.36. The first-order chi connectivity index (χ1) is 14.8. The predicted octanol–water partition coefficient (Wildman–Crippen LogP) is 5.24. The van der Waals surface area contributed by atoms with Crippen molar-refractivity contribution >= 4 is 50.8 Å². The Labute approximate surface area is 176 Å². The van der Waals surface area contributed by atoms with Crippen LogP contribution in [0.1, 0.15) is 5.56 Å². The first-order valence-electron chi connectivity index (χ1n) is 9.10. The third kappa shape index (κ3) is 3.28. The van der Waals surface area contributed by atoms with E-state index < -0.39 is 22.2 Å². The molecule has 1 aliphatic rings. The van der Waals surface area contributed by atoms with Crippen LogP contribution in [-0.4, -0.2) is 36.3 Å². The topological polar surface area (TPSA) is 110 Å². The average Bonchev–Trinajstić information content (AvgIpc) is 3.32. The molecule has 0 saturated carbocycles. The molecule has 3 heterocycles. The second kappa shape index (κ2) is 7.01. The molecule has 8 nitrogen and oxygen atoms in total. The van der Waals surface area contributed by atoms with Gasteiger partial charge in [0.25, 0.3) is 0 Å². The second-order valence-corrected chi connectivity index (χ2v) is 8.80. The lowest BCUT2D eigenvalue weighted by molar-refractivity contribution is 0.501. The predicted molar refractivity (Wildman–Crippen MR) is 116 cm³/mol. The Morgan fingerprint density at radius 3 is 2.81 bits per heavy atom. The molecule has 0 spiro atoms. The van der Waals surface area contributed by atoms with Crippen LogP contribution in [0.25, 0.3) is 17.0 Å². The first kappa shape index (κ1) is 19.4. The summed E-state index contributed by atoms with van der Waals surface area (Å²) in [5.74, 6) is -0.852. The smallest absolute Gasteiger partial charge is 0.229 e. The molecule has 0 unspecified atom stereocenters. The van der Waals surface area contributed by atoms with Crippen molar-refractivity contribution in [3.8, 4) is 0 Å². The van der Waals surface area contributed by atoms with Crippen LogP contribution in [0.15, 0.2) is 52.9 Å². The number of aromatic nitrogens is 4. The van der Waals surface area contributed by atoms with Gasteiger partial charge in [0.2, 0.25) is 5.95 Å². The van der Waals surface area contributed by atoms with Crippen LogP contribution in [0.5, 0.6) is 0 Å². The van der Waals surface area contributed by atoms with Crippen LogP contribution in [0.3, 0.4) is 0 Å². The van der Waals surface area contributed by atoms with E-state index in [0.717, 1.165) is 11.6 Å². The van der Waals surface area contributed by atoms with E-state index in [2.05, 4.69) is 25.5 Å². The zero-order valence-electron chi connectivity index (χ0n) is 16.0. The van der Waals surface area contributed by atoms with Gasteiger partial charge in [0.1, 0.15) is 11.3 Å². The largest absolute Gasteiger partial charge is 0.324 e. The van der Waals surface area contributed by atoms with Gasteiger partial charge in [0.15, 0.2) is 17.5 Å². The fraction of sp³-hybridized carbons (Fsp3) is 0.0500. The average molecular weight is 442 g/mol. The van der Waals surface area contributed by atoms with Gasteiger partial charge in [-0.1, -0.05) is 6.07 Å². The Morgan fingerprint density at radius 1 is 1.13 bits per heavy atom. The van der Waals surface area contributed by atoms with Gasteiger partial charge in [-0.05, 0) is 42.0 Å². The molecular formula is C20H16F2N6O2S. The van der Waals surface area contributed by atoms with Crippen LogP contribution in [0, 0.1) is 11.6 Å². The number of halogens is 2. The SMILES string of the molecule is CN(c1ccnc(Nc2ccc3c(c2)S(O)(O)C=C3)n1)c1n[nH]c2c(F)c(F)ccc12. The Kier molecular flexibility index (Phi) is 4.39. The van der Waals surface area contributed by atoms with Gasteiger partial charge in [0.05, 0.1) is 4.90 Å². The summed E-state index contributed by atoms with van der Waals surface area (Å²) in [6, 6.07) is 9.33. The van der Waals surface area contributed by atoms with Gasteiger partial charge < -0.3 is 10.2 Å². The number of anilines is 4. The summed E-state index contributed by atoms with van der Waals surface area (Å²) in [6.45, 7) is 0. The number of aromatic amines is 1. The lowest BCUT2D eigenvalue weighted by Gasteiger charge is -2.25. The second-order valence-electron chi connectivity index (χ2n) is 6.90. The lowest BCUT2D eigenvalue weighted by Crippen LogP contribution is -2.13. The fourth-order valence-corrected chi connectivity index (χ4v) is 4.62. The van der Waals surface area contributed by atoms with E-state index in [4.69, 9.17) is 0 Å². The maximum absolute atomic E-state index is 14.0. The molecule has 0 aliphatic carbocycles. The summed E-state index contributed by atoms with van der Waals surface area (Å²) in [6.07, 6.45) is 3.21. The zero-order chi connectivity index (χ0) is 21.8. The number of hydrogen-bond acceptors (Lipinski definition) is 7. The maximum Gasteiger partial charge on any atom is 0.229 e. The number of hydrogen-bond donors (Lipinski definition) is 4. The molecule has 0 amide bonds. The zero-order valence-corrected chi connectivity index (χ0v) is 16.9. The van der Waals surface area contributed by atoms with Crippen LogP contribution < -0.4 is 10.2 Å². The van der Waals surface area contributed by atoms with Gasteiger partial charge in [0, 0.05) is 29.7 Å². The molecule has 158 valence electrons. The van der Waals surface area contributed by atoms with E-state index in [1.54, 1.807) is 48.5 Å². The molecule has 11 heteroatoms. The van der Waals surface area contributed by atoms with Crippen LogP contribution >= 0.6 is 10.6 Å². The Bertz CT molecular complexity index is 1360. The molecular weight excluding hydrogens is 426 g/mol. The van der Waals surface area contributed by atoms with Crippen LogP contribution in [0.4, 0.5) is 32.1 Å². The Morgan fingerprint density at radius 2 is 1.97 bits per heavy atom. The van der Waals surface area contributed by atoms with Gasteiger partial charge in [-0.3, -0.25) is 14.2 Å². The lowest BCUT2D eigenvalue weighted by atomic mass is 10.2. The molecule has 0 fully saturated rings. The number of nitrogens with zero attached hydrogens (tertiary/aromatic N) is 4. The van der Waals surface area contributed by atoms with Crippen molar-refractivity contribution in [1.82, 2.24) is 20.2 Å². The molecule has 2 aromatic carbocycles. The molecule has 1 aliphatic heterocycles. The Balaban J connectivity index is 1.44. The normalized spacial score (nSPS) is 15.1. The van der Waals surface area contributed by atoms with Crippen LogP contribution in [0.2, 0.25) is 0 Å². The van der Waals surface area contributed by atoms with Crippen molar-refractivity contribution in [2.24, 2.45) is 0 Å². The number of H-pyrrole nitrogens is 1. The summed E-state index contributed by atoms with van der Waals surface area (Å²) in [4.78, 5) is 10.7. The van der Waals surface area contributed by atoms with E-state index in [9.17, 15) is 17.9 Å². The highest BCUT2D eigenvalue weighted by molar-refractivity contribution is 8.27. The standard InChI is InChI=1S/C20H16F2N6O2S/c1-28(19-13-4-5-14(21)17(22)18(13)26-27-19)16-6-8-23-20(25-16)24-12-3-2-11-7-9-31(29,30)15(11)10-12/h2-10,29-30H,1H3,(H,26,27)(H,23,24,25). The first-order valence-corrected chi connectivity index (χ1v) is 10.7. The van der Waals surface area contributed by atoms with Crippen molar-refractivity contribution in [3.05, 3.63) is 65.2 Å². The highest BCUT2D eigenvalue weighted by Crippen LogP contribution is 2.56. The van der Waals surface area contributed by atoms with Crippen molar-refractivity contribution in [2.45, 2.75) is 4.90 Å². The van der Waals surface area contributed by atoms with Gasteiger partial charge in [-0.15, -0.1) is 10.6 Å². The highest BCUT2D eigenvalue weighted by atomic mass is 32.3. The van der Waals surface area contributed by atoms with Gasteiger partial charge in [-0.25, -0.2) is 13.8 Å². The van der Waals surface area contributed by atoms with Crippen molar-refractivity contribution in [1.29, 1.82) is 0 Å². The number of rotatable bonds is 4. The van der Waals surface area contributed by atoms with Crippen LogP contribution in [-0.2, 0) is 0 Å². The molecule has 0 atom stereocenters.